The maximum Gasteiger partial charge on any atom is 0.0481 e. The monoisotopic (exact) mass is 188 g/mol. The first-order valence-electron chi connectivity index (χ1n) is 5.56. The van der Waals surface area contributed by atoms with E-state index in [2.05, 4.69) is 6.92 Å². The van der Waals surface area contributed by atoms with Gasteiger partial charge in [0.2, 0.25) is 0 Å². The van der Waals surface area contributed by atoms with Crippen molar-refractivity contribution in [3.63, 3.8) is 0 Å². The lowest BCUT2D eigenvalue weighted by Gasteiger charge is -2.09. The molecule has 0 radical (unpaired) electrons. The highest BCUT2D eigenvalue weighted by Gasteiger charge is 2.04. The molecule has 0 aliphatic carbocycles. The standard InChI is InChI=1S/C11H24O2/c1-2-3-4-5-6-7-8-11(9-12)10-13/h11-13H,2-10H2,1H3. The molecule has 0 aliphatic heterocycles. The summed E-state index contributed by atoms with van der Waals surface area (Å²) in [7, 11) is 0. The highest BCUT2D eigenvalue weighted by Crippen LogP contribution is 2.11. The SMILES string of the molecule is CCCCCCCCC(CO)CO. The maximum absolute atomic E-state index is 8.81. The molecule has 2 heteroatoms. The average molecular weight is 188 g/mol. The minimum absolute atomic E-state index is 0.117. The second-order valence-electron chi connectivity index (χ2n) is 3.79. The minimum atomic E-state index is 0.117. The molecule has 0 saturated heterocycles. The normalized spacial score (nSPS) is 11.1. The van der Waals surface area contributed by atoms with Crippen molar-refractivity contribution in [2.75, 3.05) is 13.2 Å². The van der Waals surface area contributed by atoms with Gasteiger partial charge in [0.25, 0.3) is 0 Å². The molecule has 0 aliphatic rings. The highest BCUT2D eigenvalue weighted by atomic mass is 16.3. The van der Waals surface area contributed by atoms with Crippen LogP contribution in [0.15, 0.2) is 0 Å². The summed E-state index contributed by atoms with van der Waals surface area (Å²) in [5, 5.41) is 17.6. The third-order valence-corrected chi connectivity index (χ3v) is 2.48. The van der Waals surface area contributed by atoms with Crippen molar-refractivity contribution >= 4 is 0 Å². The topological polar surface area (TPSA) is 40.5 Å². The lowest BCUT2D eigenvalue weighted by molar-refractivity contribution is 0.141. The fourth-order valence-corrected chi connectivity index (χ4v) is 1.45. The van der Waals surface area contributed by atoms with Crippen molar-refractivity contribution in [3.8, 4) is 0 Å². The lowest BCUT2D eigenvalue weighted by Crippen LogP contribution is -2.10. The Morgan fingerprint density at radius 2 is 1.38 bits per heavy atom. The average Bonchev–Trinajstić information content (AvgIpc) is 2.17. The molecule has 0 aromatic rings. The van der Waals surface area contributed by atoms with Crippen LogP contribution in [0.1, 0.15) is 51.9 Å². The Labute approximate surface area is 82.0 Å². The summed E-state index contributed by atoms with van der Waals surface area (Å²) >= 11 is 0. The van der Waals surface area contributed by atoms with Crippen LogP contribution in [0.25, 0.3) is 0 Å². The Bertz CT molecular complexity index is 90.1. The maximum atomic E-state index is 8.81. The summed E-state index contributed by atoms with van der Waals surface area (Å²) < 4.78 is 0. The molecular weight excluding hydrogens is 164 g/mol. The van der Waals surface area contributed by atoms with Crippen LogP contribution in [0.4, 0.5) is 0 Å². The van der Waals surface area contributed by atoms with E-state index in [1.165, 1.54) is 32.1 Å². The molecule has 0 unspecified atom stereocenters. The molecule has 0 fully saturated rings. The van der Waals surface area contributed by atoms with Crippen LogP contribution in [-0.4, -0.2) is 23.4 Å². The van der Waals surface area contributed by atoms with E-state index in [0.29, 0.717) is 0 Å². The van der Waals surface area contributed by atoms with Gasteiger partial charge in [0.1, 0.15) is 0 Å². The number of aliphatic hydroxyl groups excluding tert-OH is 2. The molecule has 2 nitrogen and oxygen atoms in total. The van der Waals surface area contributed by atoms with Crippen LogP contribution in [-0.2, 0) is 0 Å². The number of hydrogen-bond donors (Lipinski definition) is 2. The van der Waals surface area contributed by atoms with Crippen LogP contribution >= 0.6 is 0 Å². The molecule has 0 heterocycles. The van der Waals surface area contributed by atoms with E-state index in [9.17, 15) is 0 Å². The van der Waals surface area contributed by atoms with Crippen LogP contribution in [0.2, 0.25) is 0 Å². The summed E-state index contributed by atoms with van der Waals surface area (Å²) in [6, 6.07) is 0. The van der Waals surface area contributed by atoms with E-state index in [-0.39, 0.29) is 19.1 Å². The van der Waals surface area contributed by atoms with Gasteiger partial charge in [-0.3, -0.25) is 0 Å². The molecule has 80 valence electrons. The van der Waals surface area contributed by atoms with Crippen molar-refractivity contribution in [3.05, 3.63) is 0 Å². The van der Waals surface area contributed by atoms with E-state index in [0.717, 1.165) is 12.8 Å². The summed E-state index contributed by atoms with van der Waals surface area (Å²) in [5.74, 6) is 0.117. The number of aliphatic hydroxyl groups is 2. The predicted octanol–water partition coefficient (Wildman–Crippen LogP) is 2.34. The smallest absolute Gasteiger partial charge is 0.0481 e. The fourth-order valence-electron chi connectivity index (χ4n) is 1.45. The molecule has 0 atom stereocenters. The van der Waals surface area contributed by atoms with Gasteiger partial charge in [0.05, 0.1) is 0 Å². The van der Waals surface area contributed by atoms with Crippen LogP contribution in [0.5, 0.6) is 0 Å². The van der Waals surface area contributed by atoms with Gasteiger partial charge in [-0.1, -0.05) is 45.4 Å². The second kappa shape index (κ2) is 10.0. The molecule has 0 spiro atoms. The van der Waals surface area contributed by atoms with Gasteiger partial charge < -0.3 is 10.2 Å². The van der Waals surface area contributed by atoms with Crippen molar-refractivity contribution in [1.29, 1.82) is 0 Å². The summed E-state index contributed by atoms with van der Waals surface area (Å²) in [6.45, 7) is 2.48. The Morgan fingerprint density at radius 3 is 1.92 bits per heavy atom. The van der Waals surface area contributed by atoms with Gasteiger partial charge >= 0.3 is 0 Å². The van der Waals surface area contributed by atoms with Crippen molar-refractivity contribution in [1.82, 2.24) is 0 Å². The zero-order valence-electron chi connectivity index (χ0n) is 8.84. The highest BCUT2D eigenvalue weighted by molar-refractivity contribution is 4.55. The zero-order valence-corrected chi connectivity index (χ0v) is 8.84. The first-order chi connectivity index (χ1) is 6.35. The Balaban J connectivity index is 3.05. The Morgan fingerprint density at radius 1 is 0.846 bits per heavy atom. The van der Waals surface area contributed by atoms with Gasteiger partial charge in [-0.05, 0) is 6.42 Å². The summed E-state index contributed by atoms with van der Waals surface area (Å²) in [6.07, 6.45) is 8.63. The number of unbranched alkanes of at least 4 members (excludes halogenated alkanes) is 5. The van der Waals surface area contributed by atoms with E-state index in [1.54, 1.807) is 0 Å². The molecule has 0 saturated carbocycles. The lowest BCUT2D eigenvalue weighted by atomic mass is 10.0. The van der Waals surface area contributed by atoms with E-state index < -0.39 is 0 Å². The molecule has 2 N–H and O–H groups in total. The Kier molecular flexibility index (Phi) is 9.94. The molecule has 0 aromatic heterocycles. The molecule has 0 aromatic carbocycles. The number of hydrogen-bond acceptors (Lipinski definition) is 2. The molecule has 0 rings (SSSR count). The molecule has 13 heavy (non-hydrogen) atoms. The predicted molar refractivity (Wildman–Crippen MR) is 55.7 cm³/mol. The Hall–Kier alpha value is -0.0800. The quantitative estimate of drug-likeness (QED) is 0.545. The van der Waals surface area contributed by atoms with Crippen LogP contribution in [0.3, 0.4) is 0 Å². The first kappa shape index (κ1) is 12.9. The molecule has 0 bridgehead atoms. The van der Waals surface area contributed by atoms with E-state index in [1.807, 2.05) is 0 Å². The van der Waals surface area contributed by atoms with Gasteiger partial charge in [0, 0.05) is 19.1 Å². The van der Waals surface area contributed by atoms with Gasteiger partial charge in [-0.25, -0.2) is 0 Å². The van der Waals surface area contributed by atoms with E-state index >= 15 is 0 Å². The number of rotatable bonds is 9. The van der Waals surface area contributed by atoms with E-state index in [4.69, 9.17) is 10.2 Å². The largest absolute Gasteiger partial charge is 0.396 e. The third kappa shape index (κ3) is 8.26. The summed E-state index contributed by atoms with van der Waals surface area (Å²) in [4.78, 5) is 0. The van der Waals surface area contributed by atoms with Crippen molar-refractivity contribution in [2.45, 2.75) is 51.9 Å². The molecule has 0 amide bonds. The molecular formula is C11H24O2. The van der Waals surface area contributed by atoms with Crippen molar-refractivity contribution < 1.29 is 10.2 Å². The second-order valence-corrected chi connectivity index (χ2v) is 3.79. The zero-order chi connectivity index (χ0) is 9.94. The minimum Gasteiger partial charge on any atom is -0.396 e. The van der Waals surface area contributed by atoms with Gasteiger partial charge in [-0.2, -0.15) is 0 Å². The first-order valence-corrected chi connectivity index (χ1v) is 5.56. The van der Waals surface area contributed by atoms with Gasteiger partial charge in [-0.15, -0.1) is 0 Å². The van der Waals surface area contributed by atoms with Crippen LogP contribution in [0, 0.1) is 5.92 Å². The van der Waals surface area contributed by atoms with Crippen LogP contribution < -0.4 is 0 Å². The van der Waals surface area contributed by atoms with Gasteiger partial charge in [0.15, 0.2) is 0 Å². The van der Waals surface area contributed by atoms with Crippen molar-refractivity contribution in [2.24, 2.45) is 5.92 Å². The summed E-state index contributed by atoms with van der Waals surface area (Å²) in [5.41, 5.74) is 0. The third-order valence-electron chi connectivity index (χ3n) is 2.48. The fraction of sp³-hybridized carbons (Fsp3) is 1.00.